The number of anilines is 1. The molecule has 7 nitrogen and oxygen atoms in total. The summed E-state index contributed by atoms with van der Waals surface area (Å²) >= 11 is 0. The SMILES string of the molecule is CCC(C)[C@H](N)C(=O)N[C@H](Cc1cccc(F)c1)C(=O)NCc1ccc(N)nc1. The number of carbonyl (C=O) groups excluding carboxylic acids is 2. The maximum absolute atomic E-state index is 13.5. The van der Waals surface area contributed by atoms with Crippen LogP contribution >= 0.6 is 0 Å². The van der Waals surface area contributed by atoms with Crippen molar-refractivity contribution in [2.45, 2.75) is 45.3 Å². The molecule has 0 aliphatic rings. The van der Waals surface area contributed by atoms with Crippen molar-refractivity contribution >= 4 is 17.6 Å². The second kappa shape index (κ2) is 10.5. The number of hydrogen-bond donors (Lipinski definition) is 4. The number of rotatable bonds is 9. The average molecular weight is 401 g/mol. The maximum Gasteiger partial charge on any atom is 0.243 e. The molecule has 0 saturated carbocycles. The van der Waals surface area contributed by atoms with Crippen molar-refractivity contribution in [3.05, 3.63) is 59.5 Å². The van der Waals surface area contributed by atoms with E-state index in [0.717, 1.165) is 12.0 Å². The van der Waals surface area contributed by atoms with E-state index in [2.05, 4.69) is 15.6 Å². The van der Waals surface area contributed by atoms with Gasteiger partial charge in [-0.3, -0.25) is 9.59 Å². The molecule has 0 radical (unpaired) electrons. The van der Waals surface area contributed by atoms with Crippen molar-refractivity contribution in [3.8, 4) is 0 Å². The number of nitrogen functional groups attached to an aromatic ring is 1. The standard InChI is InChI=1S/C21H28FN5O2/c1-3-13(2)19(24)21(29)27-17(10-14-5-4-6-16(22)9-14)20(28)26-12-15-7-8-18(23)25-11-15/h4-9,11,13,17,19H,3,10,12,24H2,1-2H3,(H2,23,25)(H,26,28)(H,27,29)/t13?,17-,19+/m1/s1. The quantitative estimate of drug-likeness (QED) is 0.507. The van der Waals surface area contributed by atoms with Gasteiger partial charge < -0.3 is 22.1 Å². The number of hydrogen-bond acceptors (Lipinski definition) is 5. The molecular formula is C21H28FN5O2. The van der Waals surface area contributed by atoms with Crippen LogP contribution in [0.2, 0.25) is 0 Å². The molecule has 2 amide bonds. The Labute approximate surface area is 170 Å². The maximum atomic E-state index is 13.5. The third kappa shape index (κ3) is 6.83. The number of nitrogens with two attached hydrogens (primary N) is 2. The highest BCUT2D eigenvalue weighted by molar-refractivity contribution is 5.90. The van der Waals surface area contributed by atoms with E-state index in [1.54, 1.807) is 30.5 Å². The Morgan fingerprint density at radius 1 is 1.17 bits per heavy atom. The predicted octanol–water partition coefficient (Wildman–Crippen LogP) is 1.52. The summed E-state index contributed by atoms with van der Waals surface area (Å²) < 4.78 is 13.5. The largest absolute Gasteiger partial charge is 0.384 e. The fourth-order valence-corrected chi connectivity index (χ4v) is 2.74. The Hall–Kier alpha value is -3.00. The van der Waals surface area contributed by atoms with Crippen molar-refractivity contribution in [1.82, 2.24) is 15.6 Å². The lowest BCUT2D eigenvalue weighted by atomic mass is 9.98. The minimum Gasteiger partial charge on any atom is -0.384 e. The van der Waals surface area contributed by atoms with Gasteiger partial charge in [0.25, 0.3) is 0 Å². The monoisotopic (exact) mass is 401 g/mol. The molecule has 2 aromatic rings. The van der Waals surface area contributed by atoms with Crippen LogP contribution in [0.25, 0.3) is 0 Å². The van der Waals surface area contributed by atoms with Gasteiger partial charge in [0.05, 0.1) is 6.04 Å². The van der Waals surface area contributed by atoms with E-state index in [4.69, 9.17) is 11.5 Å². The van der Waals surface area contributed by atoms with Gasteiger partial charge in [0.2, 0.25) is 11.8 Å². The van der Waals surface area contributed by atoms with Crippen LogP contribution in [0.3, 0.4) is 0 Å². The lowest BCUT2D eigenvalue weighted by Gasteiger charge is -2.23. The smallest absolute Gasteiger partial charge is 0.243 e. The average Bonchev–Trinajstić information content (AvgIpc) is 2.71. The predicted molar refractivity (Wildman–Crippen MR) is 110 cm³/mol. The molecule has 6 N–H and O–H groups in total. The third-order valence-corrected chi connectivity index (χ3v) is 4.84. The van der Waals surface area contributed by atoms with Crippen molar-refractivity contribution < 1.29 is 14.0 Å². The van der Waals surface area contributed by atoms with Crippen LogP contribution < -0.4 is 22.1 Å². The molecule has 0 spiro atoms. The van der Waals surface area contributed by atoms with E-state index >= 15 is 0 Å². The van der Waals surface area contributed by atoms with Crippen LogP contribution in [-0.4, -0.2) is 28.9 Å². The Kier molecular flexibility index (Phi) is 8.09. The van der Waals surface area contributed by atoms with Gasteiger partial charge in [0.1, 0.15) is 17.7 Å². The number of nitrogens with one attached hydrogen (secondary N) is 2. The number of benzene rings is 1. The van der Waals surface area contributed by atoms with E-state index in [1.807, 2.05) is 13.8 Å². The van der Waals surface area contributed by atoms with E-state index in [1.165, 1.54) is 12.1 Å². The molecule has 3 atom stereocenters. The topological polar surface area (TPSA) is 123 Å². The number of amides is 2. The van der Waals surface area contributed by atoms with Gasteiger partial charge in [-0.1, -0.05) is 38.5 Å². The molecule has 0 saturated heterocycles. The van der Waals surface area contributed by atoms with Crippen LogP contribution in [0.5, 0.6) is 0 Å². The zero-order valence-electron chi connectivity index (χ0n) is 16.7. The lowest BCUT2D eigenvalue weighted by molar-refractivity contribution is -0.130. The molecule has 0 aliphatic carbocycles. The molecular weight excluding hydrogens is 373 g/mol. The summed E-state index contributed by atoms with van der Waals surface area (Å²) in [6, 6.07) is 7.70. The van der Waals surface area contributed by atoms with Crippen LogP contribution in [0.4, 0.5) is 10.2 Å². The summed E-state index contributed by atoms with van der Waals surface area (Å²) in [5.41, 5.74) is 12.9. The number of halogens is 1. The van der Waals surface area contributed by atoms with Gasteiger partial charge in [-0.15, -0.1) is 0 Å². The molecule has 1 heterocycles. The Morgan fingerprint density at radius 2 is 1.93 bits per heavy atom. The molecule has 29 heavy (non-hydrogen) atoms. The van der Waals surface area contributed by atoms with Gasteiger partial charge >= 0.3 is 0 Å². The normalized spacial score (nSPS) is 13.9. The molecule has 1 unspecified atom stereocenters. The summed E-state index contributed by atoms with van der Waals surface area (Å²) in [6.07, 6.45) is 2.44. The summed E-state index contributed by atoms with van der Waals surface area (Å²) in [5, 5.41) is 5.48. The molecule has 1 aromatic heterocycles. The van der Waals surface area contributed by atoms with E-state index in [-0.39, 0.29) is 18.9 Å². The highest BCUT2D eigenvalue weighted by Crippen LogP contribution is 2.10. The van der Waals surface area contributed by atoms with E-state index in [9.17, 15) is 14.0 Å². The van der Waals surface area contributed by atoms with E-state index < -0.39 is 29.7 Å². The minimum absolute atomic E-state index is 0.0336. The molecule has 156 valence electrons. The number of pyridine rings is 1. The third-order valence-electron chi connectivity index (χ3n) is 4.84. The summed E-state index contributed by atoms with van der Waals surface area (Å²) in [5.74, 6) is -0.859. The fourth-order valence-electron chi connectivity index (χ4n) is 2.74. The summed E-state index contributed by atoms with van der Waals surface area (Å²) in [7, 11) is 0. The second-order valence-corrected chi connectivity index (χ2v) is 7.12. The molecule has 0 aliphatic heterocycles. The highest BCUT2D eigenvalue weighted by atomic mass is 19.1. The summed E-state index contributed by atoms with van der Waals surface area (Å²) in [6.45, 7) is 4.04. The van der Waals surface area contributed by atoms with Crippen LogP contribution in [0.15, 0.2) is 42.6 Å². The fraction of sp³-hybridized carbons (Fsp3) is 0.381. The highest BCUT2D eigenvalue weighted by Gasteiger charge is 2.26. The van der Waals surface area contributed by atoms with Crippen molar-refractivity contribution in [1.29, 1.82) is 0 Å². The molecule has 0 bridgehead atoms. The number of carbonyl (C=O) groups is 2. The first-order valence-electron chi connectivity index (χ1n) is 9.58. The van der Waals surface area contributed by atoms with Gasteiger partial charge in [-0.05, 0) is 35.2 Å². The van der Waals surface area contributed by atoms with Crippen molar-refractivity contribution in [2.75, 3.05) is 5.73 Å². The van der Waals surface area contributed by atoms with Gasteiger partial charge in [-0.25, -0.2) is 9.37 Å². The van der Waals surface area contributed by atoms with Gasteiger partial charge in [-0.2, -0.15) is 0 Å². The minimum atomic E-state index is -0.888. The van der Waals surface area contributed by atoms with Gasteiger partial charge in [0, 0.05) is 19.2 Å². The number of aromatic nitrogens is 1. The summed E-state index contributed by atoms with van der Waals surface area (Å²) in [4.78, 5) is 29.3. The second-order valence-electron chi connectivity index (χ2n) is 7.12. The Balaban J connectivity index is 2.10. The molecule has 0 fully saturated rings. The van der Waals surface area contributed by atoms with Gasteiger partial charge in [0.15, 0.2) is 0 Å². The lowest BCUT2D eigenvalue weighted by Crippen LogP contribution is -2.53. The molecule has 8 heteroatoms. The zero-order chi connectivity index (χ0) is 21.4. The van der Waals surface area contributed by atoms with Crippen molar-refractivity contribution in [3.63, 3.8) is 0 Å². The first-order valence-corrected chi connectivity index (χ1v) is 9.58. The molecule has 1 aromatic carbocycles. The van der Waals surface area contributed by atoms with Crippen LogP contribution in [0, 0.1) is 11.7 Å². The number of nitrogens with zero attached hydrogens (tertiary/aromatic N) is 1. The Bertz CT molecular complexity index is 828. The van der Waals surface area contributed by atoms with Crippen LogP contribution in [0.1, 0.15) is 31.4 Å². The zero-order valence-corrected chi connectivity index (χ0v) is 16.7. The first-order chi connectivity index (χ1) is 13.8. The van der Waals surface area contributed by atoms with E-state index in [0.29, 0.717) is 11.4 Å². The Morgan fingerprint density at radius 3 is 2.55 bits per heavy atom. The van der Waals surface area contributed by atoms with Crippen LogP contribution in [-0.2, 0) is 22.6 Å². The van der Waals surface area contributed by atoms with Crippen molar-refractivity contribution in [2.24, 2.45) is 11.7 Å². The molecule has 2 rings (SSSR count). The first kappa shape index (κ1) is 22.3.